The number of halogens is 2. The first-order valence-electron chi connectivity index (χ1n) is 10.3. The van der Waals surface area contributed by atoms with E-state index in [1.807, 2.05) is 32.0 Å². The Labute approximate surface area is 187 Å². The van der Waals surface area contributed by atoms with Crippen LogP contribution >= 0.6 is 24.0 Å². The number of fused-ring (bicyclic) bond motifs is 3. The summed E-state index contributed by atoms with van der Waals surface area (Å²) in [6, 6.07) is 8.12. The summed E-state index contributed by atoms with van der Waals surface area (Å²) in [6.07, 6.45) is 4.33. The fraction of sp³-hybridized carbons (Fsp3) is 0.455. The van der Waals surface area contributed by atoms with Crippen molar-refractivity contribution in [3.05, 3.63) is 63.7 Å². The van der Waals surface area contributed by atoms with Gasteiger partial charge >= 0.3 is 0 Å². The van der Waals surface area contributed by atoms with Crippen LogP contribution in [-0.4, -0.2) is 24.7 Å². The molecule has 1 aliphatic carbocycles. The lowest BCUT2D eigenvalue weighted by Gasteiger charge is -2.28. The Morgan fingerprint density at radius 2 is 1.63 bits per heavy atom. The Hall–Kier alpha value is -2.02. The normalized spacial score (nSPS) is 20.6. The van der Waals surface area contributed by atoms with E-state index in [2.05, 4.69) is 26.1 Å². The largest absolute Gasteiger partial charge is 0.306 e. The first kappa shape index (κ1) is 21.2. The molecule has 0 radical (unpaired) electrons. The Kier molecular flexibility index (Phi) is 6.09. The summed E-state index contributed by atoms with van der Waals surface area (Å²) in [5.41, 5.74) is 4.45. The van der Waals surface area contributed by atoms with Gasteiger partial charge in [0.15, 0.2) is 5.82 Å². The highest BCUT2D eigenvalue weighted by Crippen LogP contribution is 2.40. The van der Waals surface area contributed by atoms with Crippen LogP contribution in [0.25, 0.3) is 5.69 Å². The molecule has 0 unspecified atom stereocenters. The van der Waals surface area contributed by atoms with Crippen molar-refractivity contribution in [1.82, 2.24) is 30.0 Å². The second-order valence-corrected chi connectivity index (χ2v) is 8.68. The van der Waals surface area contributed by atoms with Crippen molar-refractivity contribution in [2.24, 2.45) is 0 Å². The summed E-state index contributed by atoms with van der Waals surface area (Å²) < 4.78 is 2.25. The van der Waals surface area contributed by atoms with Crippen molar-refractivity contribution in [2.45, 2.75) is 64.5 Å². The Morgan fingerprint density at radius 3 is 2.37 bits per heavy atom. The Balaban J connectivity index is 0.00000218. The van der Waals surface area contributed by atoms with Gasteiger partial charge in [-0.2, -0.15) is 0 Å². The van der Waals surface area contributed by atoms with Crippen LogP contribution < -0.4 is 5.32 Å². The zero-order valence-electron chi connectivity index (χ0n) is 17.2. The number of rotatable bonds is 2. The Bertz CT molecular complexity index is 1040. The van der Waals surface area contributed by atoms with Gasteiger partial charge in [-0.1, -0.05) is 11.6 Å². The van der Waals surface area contributed by atoms with Gasteiger partial charge in [0.1, 0.15) is 11.6 Å². The number of benzene rings is 1. The van der Waals surface area contributed by atoms with E-state index in [9.17, 15) is 0 Å². The number of aromatic nitrogens is 5. The lowest BCUT2D eigenvalue weighted by molar-refractivity contribution is 0.371. The van der Waals surface area contributed by atoms with Crippen LogP contribution in [0, 0.1) is 13.8 Å². The highest BCUT2D eigenvalue weighted by atomic mass is 35.5. The molecule has 3 heterocycles. The first-order valence-corrected chi connectivity index (χ1v) is 10.7. The molecule has 1 aromatic carbocycles. The van der Waals surface area contributed by atoms with Gasteiger partial charge in [0.05, 0.1) is 12.2 Å². The third-order valence-corrected chi connectivity index (χ3v) is 6.33. The summed E-state index contributed by atoms with van der Waals surface area (Å²) >= 11 is 6.24. The summed E-state index contributed by atoms with van der Waals surface area (Å²) in [5.74, 6) is 3.89. The molecule has 0 saturated heterocycles. The summed E-state index contributed by atoms with van der Waals surface area (Å²) in [6.45, 7) is 5.60. The first-order chi connectivity index (χ1) is 14.1. The van der Waals surface area contributed by atoms with E-state index in [4.69, 9.17) is 21.6 Å². The molecule has 158 valence electrons. The number of hydrogen-bond donors (Lipinski definition) is 1. The average Bonchev–Trinajstić information content (AvgIpc) is 3.03. The predicted molar refractivity (Wildman–Crippen MR) is 120 cm³/mol. The van der Waals surface area contributed by atoms with Gasteiger partial charge in [-0.3, -0.25) is 4.57 Å². The number of hydrogen-bond acceptors (Lipinski definition) is 5. The quantitative estimate of drug-likeness (QED) is 0.614. The third kappa shape index (κ3) is 3.96. The average molecular weight is 445 g/mol. The van der Waals surface area contributed by atoms with Crippen LogP contribution in [-0.2, 0) is 13.1 Å². The SMILES string of the molecule is Cc1cc(C)nc([C@H]2CC[C@H](c3nnc4n3-c3ccc(Cl)cc3CNC4)CC2)n1.Cl. The maximum atomic E-state index is 6.24. The van der Waals surface area contributed by atoms with Crippen molar-refractivity contribution in [2.75, 3.05) is 0 Å². The van der Waals surface area contributed by atoms with E-state index in [0.29, 0.717) is 18.4 Å². The molecule has 1 saturated carbocycles. The summed E-state index contributed by atoms with van der Waals surface area (Å²) in [7, 11) is 0. The van der Waals surface area contributed by atoms with Gasteiger partial charge in [-0.15, -0.1) is 22.6 Å². The molecule has 8 heteroatoms. The molecule has 0 bridgehead atoms. The molecule has 30 heavy (non-hydrogen) atoms. The van der Waals surface area contributed by atoms with Crippen molar-refractivity contribution in [1.29, 1.82) is 0 Å². The van der Waals surface area contributed by atoms with Crippen molar-refractivity contribution >= 4 is 24.0 Å². The number of nitrogens with zero attached hydrogens (tertiary/aromatic N) is 5. The number of aryl methyl sites for hydroxylation is 2. The summed E-state index contributed by atoms with van der Waals surface area (Å²) in [4.78, 5) is 9.40. The topological polar surface area (TPSA) is 68.5 Å². The maximum Gasteiger partial charge on any atom is 0.151 e. The highest BCUT2D eigenvalue weighted by Gasteiger charge is 2.30. The minimum atomic E-state index is 0. The molecule has 2 aromatic heterocycles. The van der Waals surface area contributed by atoms with Gasteiger partial charge in [-0.25, -0.2) is 9.97 Å². The molecule has 2 aliphatic rings. The zero-order chi connectivity index (χ0) is 20.0. The van der Waals surface area contributed by atoms with E-state index in [1.54, 1.807) is 0 Å². The van der Waals surface area contributed by atoms with E-state index >= 15 is 0 Å². The van der Waals surface area contributed by atoms with Crippen LogP contribution in [0.4, 0.5) is 0 Å². The van der Waals surface area contributed by atoms with Crippen LogP contribution in [0.1, 0.15) is 71.9 Å². The van der Waals surface area contributed by atoms with E-state index < -0.39 is 0 Å². The fourth-order valence-electron chi connectivity index (χ4n) is 4.74. The molecule has 3 aromatic rings. The second-order valence-electron chi connectivity index (χ2n) is 8.24. The molecular formula is C22H26Cl2N6. The maximum absolute atomic E-state index is 6.24. The lowest BCUT2D eigenvalue weighted by atomic mass is 9.81. The standard InChI is InChI=1S/C22H25ClN6.ClH/c1-13-9-14(2)26-21(25-13)15-3-5-16(6-4-15)22-28-27-20-12-24-11-17-10-18(23)7-8-19(17)29(20)22;/h7-10,15-16,24H,3-6,11-12H2,1-2H3;1H/t15-,16-;. The van der Waals surface area contributed by atoms with Gasteiger partial charge in [-0.05, 0) is 69.4 Å². The molecule has 0 atom stereocenters. The predicted octanol–water partition coefficient (Wildman–Crippen LogP) is 4.79. The fourth-order valence-corrected chi connectivity index (χ4v) is 4.93. The minimum Gasteiger partial charge on any atom is -0.306 e. The minimum absolute atomic E-state index is 0. The van der Waals surface area contributed by atoms with E-state index in [1.165, 1.54) is 5.56 Å². The van der Waals surface area contributed by atoms with Gasteiger partial charge < -0.3 is 5.32 Å². The molecule has 0 amide bonds. The van der Waals surface area contributed by atoms with Crippen molar-refractivity contribution < 1.29 is 0 Å². The smallest absolute Gasteiger partial charge is 0.151 e. The zero-order valence-corrected chi connectivity index (χ0v) is 18.8. The van der Waals surface area contributed by atoms with Gasteiger partial charge in [0.25, 0.3) is 0 Å². The van der Waals surface area contributed by atoms with Crippen molar-refractivity contribution in [3.8, 4) is 5.69 Å². The molecule has 5 rings (SSSR count). The molecule has 0 spiro atoms. The molecule has 1 fully saturated rings. The van der Waals surface area contributed by atoms with Crippen LogP contribution in [0.15, 0.2) is 24.3 Å². The molecule has 1 N–H and O–H groups in total. The van der Waals surface area contributed by atoms with E-state index in [0.717, 1.165) is 71.8 Å². The third-order valence-electron chi connectivity index (χ3n) is 6.09. The van der Waals surface area contributed by atoms with Crippen LogP contribution in [0.3, 0.4) is 0 Å². The summed E-state index contributed by atoms with van der Waals surface area (Å²) in [5, 5.41) is 13.3. The van der Waals surface area contributed by atoms with Gasteiger partial charge in [0.2, 0.25) is 0 Å². The Morgan fingerprint density at radius 1 is 0.933 bits per heavy atom. The molecule has 6 nitrogen and oxygen atoms in total. The van der Waals surface area contributed by atoms with Gasteiger partial charge in [0, 0.05) is 34.8 Å². The monoisotopic (exact) mass is 444 g/mol. The van der Waals surface area contributed by atoms with Crippen LogP contribution in [0.2, 0.25) is 5.02 Å². The molecular weight excluding hydrogens is 419 g/mol. The van der Waals surface area contributed by atoms with Crippen LogP contribution in [0.5, 0.6) is 0 Å². The van der Waals surface area contributed by atoms with Crippen molar-refractivity contribution in [3.63, 3.8) is 0 Å². The highest BCUT2D eigenvalue weighted by molar-refractivity contribution is 6.30. The molecule has 1 aliphatic heterocycles. The second kappa shape index (κ2) is 8.61. The van der Waals surface area contributed by atoms with E-state index in [-0.39, 0.29) is 12.4 Å². The lowest BCUT2D eigenvalue weighted by Crippen LogP contribution is -2.18. The number of nitrogens with one attached hydrogen (secondary N) is 1.